The van der Waals surface area contributed by atoms with E-state index in [9.17, 15) is 0 Å². The summed E-state index contributed by atoms with van der Waals surface area (Å²) in [5, 5.41) is 0. The van der Waals surface area contributed by atoms with Gasteiger partial charge in [0.05, 0.1) is 12.7 Å². The van der Waals surface area contributed by atoms with E-state index >= 15 is 0 Å². The predicted molar refractivity (Wildman–Crippen MR) is 79.3 cm³/mol. The first kappa shape index (κ1) is 15.2. The summed E-state index contributed by atoms with van der Waals surface area (Å²) in [5.41, 5.74) is 5.84. The van der Waals surface area contributed by atoms with E-state index in [1.165, 1.54) is 12.8 Å². The molecule has 4 nitrogen and oxygen atoms in total. The van der Waals surface area contributed by atoms with Crippen LogP contribution in [0, 0.1) is 5.92 Å². The van der Waals surface area contributed by atoms with Crippen molar-refractivity contribution in [2.75, 3.05) is 39.3 Å². The van der Waals surface area contributed by atoms with Crippen molar-refractivity contribution in [1.82, 2.24) is 9.80 Å². The van der Waals surface area contributed by atoms with Crippen molar-refractivity contribution in [1.29, 1.82) is 0 Å². The van der Waals surface area contributed by atoms with Crippen molar-refractivity contribution in [3.63, 3.8) is 0 Å². The van der Waals surface area contributed by atoms with Crippen molar-refractivity contribution in [2.45, 2.75) is 51.8 Å². The highest BCUT2D eigenvalue weighted by atomic mass is 16.5. The fraction of sp³-hybridized carbons (Fsp3) is 1.00. The molecule has 2 aliphatic rings. The Kier molecular flexibility index (Phi) is 5.63. The van der Waals surface area contributed by atoms with E-state index in [4.69, 9.17) is 10.5 Å². The summed E-state index contributed by atoms with van der Waals surface area (Å²) in [6.07, 6.45) is 2.94. The summed E-state index contributed by atoms with van der Waals surface area (Å²) >= 11 is 0. The fourth-order valence-electron chi connectivity index (χ4n) is 3.29. The molecule has 2 N–H and O–H groups in total. The highest BCUT2D eigenvalue weighted by Gasteiger charge is 2.29. The van der Waals surface area contributed by atoms with Crippen LogP contribution < -0.4 is 5.73 Å². The molecule has 0 aromatic rings. The second-order valence-corrected chi connectivity index (χ2v) is 6.56. The Morgan fingerprint density at radius 2 is 2.05 bits per heavy atom. The molecule has 2 fully saturated rings. The maximum Gasteiger partial charge on any atom is 0.0829 e. The average molecular weight is 269 g/mol. The molecule has 0 saturated carbocycles. The van der Waals surface area contributed by atoms with Crippen molar-refractivity contribution in [2.24, 2.45) is 11.7 Å². The topological polar surface area (TPSA) is 41.7 Å². The van der Waals surface area contributed by atoms with Crippen molar-refractivity contribution < 1.29 is 4.74 Å². The van der Waals surface area contributed by atoms with Gasteiger partial charge in [-0.15, -0.1) is 0 Å². The van der Waals surface area contributed by atoms with Crippen LogP contribution in [0.2, 0.25) is 0 Å². The van der Waals surface area contributed by atoms with Gasteiger partial charge in [0.2, 0.25) is 0 Å². The standard InChI is InChI=1S/C15H31N3O/c1-12(2)17-6-7-19-15(10-17)11-18-9-14(8-16)5-4-13(18)3/h12-15H,4-11,16H2,1-3H3. The second kappa shape index (κ2) is 7.02. The van der Waals surface area contributed by atoms with Gasteiger partial charge in [0.15, 0.2) is 0 Å². The molecule has 4 heteroatoms. The first-order valence-corrected chi connectivity index (χ1v) is 7.90. The lowest BCUT2D eigenvalue weighted by Crippen LogP contribution is -2.53. The van der Waals surface area contributed by atoms with Gasteiger partial charge in [-0.25, -0.2) is 0 Å². The lowest BCUT2D eigenvalue weighted by molar-refractivity contribution is -0.0617. The zero-order valence-corrected chi connectivity index (χ0v) is 12.8. The molecule has 2 saturated heterocycles. The number of hydrogen-bond donors (Lipinski definition) is 1. The van der Waals surface area contributed by atoms with Crippen LogP contribution in [0.25, 0.3) is 0 Å². The Labute approximate surface area is 118 Å². The molecule has 0 aromatic heterocycles. The molecular weight excluding hydrogens is 238 g/mol. The Morgan fingerprint density at radius 1 is 1.26 bits per heavy atom. The van der Waals surface area contributed by atoms with Crippen molar-refractivity contribution in [3.8, 4) is 0 Å². The molecule has 0 aromatic carbocycles. The number of likely N-dealkylation sites (tertiary alicyclic amines) is 1. The van der Waals surface area contributed by atoms with Crippen LogP contribution in [-0.4, -0.2) is 67.3 Å². The van der Waals surface area contributed by atoms with Gasteiger partial charge in [0.25, 0.3) is 0 Å². The number of ether oxygens (including phenoxy) is 1. The second-order valence-electron chi connectivity index (χ2n) is 6.56. The molecule has 0 radical (unpaired) electrons. The molecule has 19 heavy (non-hydrogen) atoms. The third kappa shape index (κ3) is 4.15. The van der Waals surface area contributed by atoms with Gasteiger partial charge >= 0.3 is 0 Å². The van der Waals surface area contributed by atoms with E-state index in [1.54, 1.807) is 0 Å². The average Bonchev–Trinajstić information content (AvgIpc) is 2.41. The lowest BCUT2D eigenvalue weighted by Gasteiger charge is -2.42. The number of piperidine rings is 1. The molecule has 3 unspecified atom stereocenters. The third-order valence-electron chi connectivity index (χ3n) is 4.78. The Hall–Kier alpha value is -0.160. The van der Waals surface area contributed by atoms with Crippen LogP contribution in [0.3, 0.4) is 0 Å². The fourth-order valence-corrected chi connectivity index (χ4v) is 3.29. The van der Waals surface area contributed by atoms with Crippen LogP contribution in [0.15, 0.2) is 0 Å². The van der Waals surface area contributed by atoms with Crippen LogP contribution in [0.1, 0.15) is 33.6 Å². The molecule has 2 heterocycles. The number of nitrogens with two attached hydrogens (primary N) is 1. The molecular formula is C15H31N3O. The zero-order chi connectivity index (χ0) is 13.8. The largest absolute Gasteiger partial charge is 0.374 e. The minimum atomic E-state index is 0.370. The molecule has 0 spiro atoms. The smallest absolute Gasteiger partial charge is 0.0829 e. The van der Waals surface area contributed by atoms with Gasteiger partial charge in [-0.1, -0.05) is 0 Å². The van der Waals surface area contributed by atoms with Crippen molar-refractivity contribution >= 4 is 0 Å². The van der Waals surface area contributed by atoms with Gasteiger partial charge in [0, 0.05) is 38.3 Å². The van der Waals surface area contributed by atoms with Crippen LogP contribution in [0.4, 0.5) is 0 Å². The molecule has 2 rings (SSSR count). The first-order chi connectivity index (χ1) is 9.10. The monoisotopic (exact) mass is 269 g/mol. The zero-order valence-electron chi connectivity index (χ0n) is 12.8. The summed E-state index contributed by atoms with van der Waals surface area (Å²) in [4.78, 5) is 5.12. The molecule has 112 valence electrons. The quantitative estimate of drug-likeness (QED) is 0.831. The number of nitrogens with zero attached hydrogens (tertiary/aromatic N) is 2. The van der Waals surface area contributed by atoms with Gasteiger partial charge < -0.3 is 10.5 Å². The molecule has 2 aliphatic heterocycles. The summed E-state index contributed by atoms with van der Waals surface area (Å²) in [5.74, 6) is 0.681. The number of hydrogen-bond acceptors (Lipinski definition) is 4. The lowest BCUT2D eigenvalue weighted by atomic mass is 9.93. The van der Waals surface area contributed by atoms with Gasteiger partial charge in [-0.2, -0.15) is 0 Å². The predicted octanol–water partition coefficient (Wildman–Crippen LogP) is 1.15. The summed E-state index contributed by atoms with van der Waals surface area (Å²) in [6.45, 7) is 13.0. The maximum absolute atomic E-state index is 5.96. The van der Waals surface area contributed by atoms with E-state index < -0.39 is 0 Å². The van der Waals surface area contributed by atoms with Gasteiger partial charge in [0.1, 0.15) is 0 Å². The Bertz CT molecular complexity index is 272. The molecule has 3 atom stereocenters. The first-order valence-electron chi connectivity index (χ1n) is 7.90. The summed E-state index contributed by atoms with van der Waals surface area (Å²) in [6, 6.07) is 1.31. The highest BCUT2D eigenvalue weighted by molar-refractivity contribution is 4.83. The highest BCUT2D eigenvalue weighted by Crippen LogP contribution is 2.22. The van der Waals surface area contributed by atoms with E-state index in [0.29, 0.717) is 24.1 Å². The Morgan fingerprint density at radius 3 is 2.74 bits per heavy atom. The molecule has 0 bridgehead atoms. The molecule has 0 amide bonds. The third-order valence-corrected chi connectivity index (χ3v) is 4.78. The van der Waals surface area contributed by atoms with Crippen LogP contribution in [-0.2, 0) is 4.74 Å². The van der Waals surface area contributed by atoms with E-state index in [0.717, 1.165) is 39.3 Å². The van der Waals surface area contributed by atoms with E-state index in [-0.39, 0.29) is 0 Å². The minimum Gasteiger partial charge on any atom is -0.374 e. The van der Waals surface area contributed by atoms with E-state index in [1.807, 2.05) is 0 Å². The summed E-state index contributed by atoms with van der Waals surface area (Å²) < 4.78 is 5.96. The van der Waals surface area contributed by atoms with Crippen LogP contribution in [0.5, 0.6) is 0 Å². The molecule has 0 aliphatic carbocycles. The van der Waals surface area contributed by atoms with E-state index in [2.05, 4.69) is 30.6 Å². The SMILES string of the molecule is CC(C)N1CCOC(CN2CC(CN)CCC2C)C1. The van der Waals surface area contributed by atoms with Gasteiger partial charge in [-0.3, -0.25) is 9.80 Å². The number of rotatable bonds is 4. The van der Waals surface area contributed by atoms with Gasteiger partial charge in [-0.05, 0) is 46.1 Å². The summed E-state index contributed by atoms with van der Waals surface area (Å²) in [7, 11) is 0. The minimum absolute atomic E-state index is 0.370. The normalized spacial score (nSPS) is 34.9. The number of morpholine rings is 1. The Balaban J connectivity index is 1.85. The van der Waals surface area contributed by atoms with Crippen molar-refractivity contribution in [3.05, 3.63) is 0 Å². The maximum atomic E-state index is 5.96. The van der Waals surface area contributed by atoms with Crippen LogP contribution >= 0.6 is 0 Å².